The number of amides is 1. The summed E-state index contributed by atoms with van der Waals surface area (Å²) in [4.78, 5) is 50.5. The molecule has 0 aliphatic rings. The third-order valence-corrected chi connectivity index (χ3v) is 6.27. The van der Waals surface area contributed by atoms with Gasteiger partial charge in [-0.2, -0.15) is 0 Å². The number of anilines is 1. The SMILES string of the molecule is O=C(COC(=O)c1nccnc1-c1nc2ccccc2s1)c1ccc(NC(=O)c2ccccc2)cc1. The first-order chi connectivity index (χ1) is 17.6. The predicted octanol–water partition coefficient (Wildman–Crippen LogP) is 5.05. The first-order valence-electron chi connectivity index (χ1n) is 10.9. The average Bonchev–Trinajstić information content (AvgIpc) is 3.37. The van der Waals surface area contributed by atoms with Crippen LogP contribution in [0.3, 0.4) is 0 Å². The van der Waals surface area contributed by atoms with Gasteiger partial charge in [0.15, 0.2) is 18.1 Å². The van der Waals surface area contributed by atoms with E-state index in [-0.39, 0.29) is 11.6 Å². The van der Waals surface area contributed by atoms with Crippen LogP contribution in [-0.4, -0.2) is 39.2 Å². The molecule has 176 valence electrons. The molecule has 0 fully saturated rings. The number of rotatable bonds is 7. The number of benzene rings is 3. The topological polar surface area (TPSA) is 111 Å². The summed E-state index contributed by atoms with van der Waals surface area (Å²) in [5.41, 5.74) is 2.49. The summed E-state index contributed by atoms with van der Waals surface area (Å²) >= 11 is 1.39. The van der Waals surface area contributed by atoms with Gasteiger partial charge in [0.1, 0.15) is 10.7 Å². The molecule has 0 atom stereocenters. The second kappa shape index (κ2) is 10.2. The molecule has 36 heavy (non-hydrogen) atoms. The van der Waals surface area contributed by atoms with Crippen molar-refractivity contribution >= 4 is 44.9 Å². The quantitative estimate of drug-likeness (QED) is 0.249. The number of para-hydroxylation sites is 1. The van der Waals surface area contributed by atoms with E-state index in [1.54, 1.807) is 48.5 Å². The second-order valence-electron chi connectivity index (χ2n) is 7.64. The second-order valence-corrected chi connectivity index (χ2v) is 8.67. The van der Waals surface area contributed by atoms with Gasteiger partial charge >= 0.3 is 5.97 Å². The highest BCUT2D eigenvalue weighted by molar-refractivity contribution is 7.21. The Balaban J connectivity index is 1.24. The van der Waals surface area contributed by atoms with Crippen LogP contribution in [0.1, 0.15) is 31.2 Å². The number of aromatic nitrogens is 3. The molecule has 8 nitrogen and oxygen atoms in total. The minimum Gasteiger partial charge on any atom is -0.452 e. The van der Waals surface area contributed by atoms with Gasteiger partial charge in [-0.3, -0.25) is 9.59 Å². The summed E-state index contributed by atoms with van der Waals surface area (Å²) < 4.78 is 6.20. The number of nitrogens with one attached hydrogen (secondary N) is 1. The Morgan fingerprint density at radius 3 is 2.31 bits per heavy atom. The largest absolute Gasteiger partial charge is 0.452 e. The molecule has 0 radical (unpaired) electrons. The zero-order valence-corrected chi connectivity index (χ0v) is 19.6. The Morgan fingerprint density at radius 2 is 1.53 bits per heavy atom. The van der Waals surface area contributed by atoms with Gasteiger partial charge in [0.05, 0.1) is 10.2 Å². The predicted molar refractivity (Wildman–Crippen MR) is 136 cm³/mol. The summed E-state index contributed by atoms with van der Waals surface area (Å²) in [6.45, 7) is -0.468. The summed E-state index contributed by atoms with van der Waals surface area (Å²) in [6, 6.07) is 22.8. The molecule has 2 heterocycles. The maximum atomic E-state index is 12.8. The van der Waals surface area contributed by atoms with Crippen molar-refractivity contribution in [2.75, 3.05) is 11.9 Å². The lowest BCUT2D eigenvalue weighted by Gasteiger charge is -2.08. The Morgan fingerprint density at radius 1 is 0.806 bits per heavy atom. The summed E-state index contributed by atoms with van der Waals surface area (Å²) in [5, 5.41) is 3.31. The van der Waals surface area contributed by atoms with Gasteiger partial charge < -0.3 is 10.1 Å². The van der Waals surface area contributed by atoms with E-state index in [1.165, 1.54) is 23.7 Å². The highest BCUT2D eigenvalue weighted by atomic mass is 32.1. The zero-order valence-electron chi connectivity index (χ0n) is 18.8. The normalized spacial score (nSPS) is 10.7. The molecule has 2 aromatic heterocycles. The van der Waals surface area contributed by atoms with Gasteiger partial charge in [-0.05, 0) is 48.5 Å². The van der Waals surface area contributed by atoms with Crippen LogP contribution in [0, 0.1) is 0 Å². The van der Waals surface area contributed by atoms with E-state index in [4.69, 9.17) is 4.74 Å². The maximum absolute atomic E-state index is 12.8. The number of carbonyl (C=O) groups excluding carboxylic acids is 3. The van der Waals surface area contributed by atoms with Gasteiger partial charge in [-0.15, -0.1) is 11.3 Å². The number of thiazole rings is 1. The molecule has 1 N–H and O–H groups in total. The van der Waals surface area contributed by atoms with Crippen molar-refractivity contribution in [2.24, 2.45) is 0 Å². The van der Waals surface area contributed by atoms with E-state index in [2.05, 4.69) is 20.3 Å². The molecular weight excluding hydrogens is 476 g/mol. The number of ketones is 1. The summed E-state index contributed by atoms with van der Waals surface area (Å²) in [6.07, 6.45) is 2.86. The third-order valence-electron chi connectivity index (χ3n) is 5.22. The van der Waals surface area contributed by atoms with Crippen molar-refractivity contribution < 1.29 is 19.1 Å². The molecular formula is C27H18N4O4S. The first-order valence-corrected chi connectivity index (χ1v) is 11.7. The molecule has 0 aliphatic heterocycles. The highest BCUT2D eigenvalue weighted by Gasteiger charge is 2.21. The Hall–Kier alpha value is -4.76. The Kier molecular flexibility index (Phi) is 6.55. The molecule has 9 heteroatoms. The number of Topliss-reactive ketones (excluding diaryl/α,β-unsaturated/α-hetero) is 1. The molecule has 0 saturated heterocycles. The van der Waals surface area contributed by atoms with Gasteiger partial charge in [0.25, 0.3) is 5.91 Å². The molecule has 0 spiro atoms. The minimum absolute atomic E-state index is 0.0108. The van der Waals surface area contributed by atoms with Gasteiger partial charge in [0.2, 0.25) is 0 Å². The van der Waals surface area contributed by atoms with Crippen LogP contribution in [0.2, 0.25) is 0 Å². The molecule has 0 saturated carbocycles. The number of hydrogen-bond donors (Lipinski definition) is 1. The van der Waals surface area contributed by atoms with Crippen LogP contribution in [0.15, 0.2) is 91.3 Å². The molecule has 0 unspecified atom stereocenters. The van der Waals surface area contributed by atoms with Crippen molar-refractivity contribution in [2.45, 2.75) is 0 Å². The molecule has 0 bridgehead atoms. The first kappa shape index (κ1) is 23.0. The number of fused-ring (bicyclic) bond motifs is 1. The van der Waals surface area contributed by atoms with Gasteiger partial charge in [-0.25, -0.2) is 19.7 Å². The minimum atomic E-state index is -0.766. The number of carbonyl (C=O) groups is 3. The molecule has 1 amide bonds. The van der Waals surface area contributed by atoms with Crippen LogP contribution in [0.25, 0.3) is 20.9 Å². The van der Waals surface area contributed by atoms with E-state index in [1.807, 2.05) is 30.3 Å². The van der Waals surface area contributed by atoms with Crippen molar-refractivity contribution in [1.82, 2.24) is 15.0 Å². The van der Waals surface area contributed by atoms with Crippen LogP contribution in [0.4, 0.5) is 5.69 Å². The fourth-order valence-electron chi connectivity index (χ4n) is 3.43. The fraction of sp³-hybridized carbons (Fsp3) is 0.0370. The lowest BCUT2D eigenvalue weighted by Crippen LogP contribution is -2.16. The van der Waals surface area contributed by atoms with E-state index in [0.29, 0.717) is 27.5 Å². The van der Waals surface area contributed by atoms with Crippen LogP contribution >= 0.6 is 11.3 Å². The summed E-state index contributed by atoms with van der Waals surface area (Å²) in [7, 11) is 0. The third kappa shape index (κ3) is 5.01. The van der Waals surface area contributed by atoms with E-state index in [9.17, 15) is 14.4 Å². The van der Waals surface area contributed by atoms with Crippen molar-refractivity contribution in [3.8, 4) is 10.7 Å². The van der Waals surface area contributed by atoms with Crippen LogP contribution in [0.5, 0.6) is 0 Å². The molecule has 0 aliphatic carbocycles. The number of hydrogen-bond acceptors (Lipinski definition) is 8. The lowest BCUT2D eigenvalue weighted by atomic mass is 10.1. The maximum Gasteiger partial charge on any atom is 0.359 e. The van der Waals surface area contributed by atoms with Gasteiger partial charge in [-0.1, -0.05) is 30.3 Å². The van der Waals surface area contributed by atoms with Crippen LogP contribution < -0.4 is 5.32 Å². The Labute approximate surface area is 209 Å². The zero-order chi connectivity index (χ0) is 24.9. The average molecular weight is 495 g/mol. The van der Waals surface area contributed by atoms with E-state index in [0.717, 1.165) is 10.2 Å². The van der Waals surface area contributed by atoms with Crippen LogP contribution in [-0.2, 0) is 4.74 Å². The van der Waals surface area contributed by atoms with Crippen molar-refractivity contribution in [3.63, 3.8) is 0 Å². The monoisotopic (exact) mass is 494 g/mol. The number of esters is 1. The fourth-order valence-corrected chi connectivity index (χ4v) is 4.40. The molecule has 5 rings (SSSR count). The number of nitrogens with zero attached hydrogens (tertiary/aromatic N) is 3. The standard InChI is InChI=1S/C27H18N4O4S/c32-21(17-10-12-19(13-11-17)30-25(33)18-6-2-1-3-7-18)16-35-27(34)24-23(28-14-15-29-24)26-31-20-8-4-5-9-22(20)36-26/h1-15H,16H2,(H,30,33). The number of ether oxygens (including phenoxy) is 1. The lowest BCUT2D eigenvalue weighted by molar-refractivity contribution is 0.0469. The molecule has 3 aromatic carbocycles. The van der Waals surface area contributed by atoms with Crippen molar-refractivity contribution in [1.29, 1.82) is 0 Å². The van der Waals surface area contributed by atoms with E-state index < -0.39 is 18.4 Å². The highest BCUT2D eigenvalue weighted by Crippen LogP contribution is 2.30. The summed E-state index contributed by atoms with van der Waals surface area (Å²) in [5.74, 6) is -1.41. The van der Waals surface area contributed by atoms with Gasteiger partial charge in [0, 0.05) is 29.2 Å². The Bertz CT molecular complexity index is 1530. The smallest absolute Gasteiger partial charge is 0.359 e. The van der Waals surface area contributed by atoms with Crippen molar-refractivity contribution in [3.05, 3.63) is 108 Å². The van der Waals surface area contributed by atoms with E-state index >= 15 is 0 Å². The molecule has 5 aromatic rings.